The van der Waals surface area contributed by atoms with Crippen molar-refractivity contribution < 1.29 is 4.42 Å². The van der Waals surface area contributed by atoms with Crippen molar-refractivity contribution in [2.75, 3.05) is 0 Å². The Kier molecular flexibility index (Phi) is 4.15. The molecular formula is C15H10Br2ClNO. The third-order valence-corrected chi connectivity index (χ3v) is 5.06. The van der Waals surface area contributed by atoms with Gasteiger partial charge in [-0.2, -0.15) is 0 Å². The first-order chi connectivity index (χ1) is 9.63. The van der Waals surface area contributed by atoms with Crippen LogP contribution < -0.4 is 0 Å². The molecule has 5 heteroatoms. The fourth-order valence-electron chi connectivity index (χ4n) is 1.99. The molecular weight excluding hydrogens is 405 g/mol. The quantitative estimate of drug-likeness (QED) is 0.496. The van der Waals surface area contributed by atoms with Gasteiger partial charge in [0.15, 0.2) is 11.5 Å². The van der Waals surface area contributed by atoms with Crippen molar-refractivity contribution >= 4 is 54.6 Å². The van der Waals surface area contributed by atoms with Gasteiger partial charge in [-0.3, -0.25) is 0 Å². The molecule has 1 atom stereocenters. The van der Waals surface area contributed by atoms with E-state index in [1.54, 1.807) is 0 Å². The third kappa shape index (κ3) is 2.92. The Morgan fingerprint density at radius 3 is 2.75 bits per heavy atom. The minimum Gasteiger partial charge on any atom is -0.441 e. The van der Waals surface area contributed by atoms with Crippen LogP contribution >= 0.6 is 43.5 Å². The van der Waals surface area contributed by atoms with Crippen molar-refractivity contribution in [2.24, 2.45) is 0 Å². The number of oxazole rings is 1. The first-order valence-corrected chi connectivity index (χ1v) is 8.15. The lowest BCUT2D eigenvalue weighted by Gasteiger charge is -2.09. The van der Waals surface area contributed by atoms with E-state index in [2.05, 4.69) is 36.8 Å². The molecule has 2 nitrogen and oxygen atoms in total. The van der Waals surface area contributed by atoms with E-state index in [1.807, 2.05) is 42.5 Å². The highest BCUT2D eigenvalue weighted by Gasteiger charge is 2.14. The molecule has 0 aliphatic heterocycles. The molecule has 0 N–H and O–H groups in total. The molecule has 1 heterocycles. The zero-order chi connectivity index (χ0) is 14.1. The second-order valence-electron chi connectivity index (χ2n) is 4.42. The van der Waals surface area contributed by atoms with Crippen LogP contribution in [0.5, 0.6) is 0 Å². The molecule has 0 amide bonds. The van der Waals surface area contributed by atoms with E-state index < -0.39 is 0 Å². The molecule has 0 bridgehead atoms. The Labute approximate surface area is 138 Å². The number of rotatable bonds is 3. The number of alkyl halides is 1. The van der Waals surface area contributed by atoms with E-state index in [1.165, 1.54) is 0 Å². The van der Waals surface area contributed by atoms with Crippen LogP contribution in [0.15, 0.2) is 51.4 Å². The van der Waals surface area contributed by atoms with Crippen LogP contribution in [0, 0.1) is 0 Å². The molecule has 2 aromatic carbocycles. The second kappa shape index (κ2) is 5.88. The van der Waals surface area contributed by atoms with Crippen molar-refractivity contribution in [3.05, 3.63) is 63.4 Å². The Morgan fingerprint density at radius 2 is 2.00 bits per heavy atom. The molecule has 0 spiro atoms. The van der Waals surface area contributed by atoms with Gasteiger partial charge >= 0.3 is 0 Å². The zero-order valence-electron chi connectivity index (χ0n) is 10.3. The molecule has 0 saturated carbocycles. The average Bonchev–Trinajstić information content (AvgIpc) is 2.83. The van der Waals surface area contributed by atoms with Crippen LogP contribution in [0.4, 0.5) is 0 Å². The molecule has 0 aliphatic carbocycles. The van der Waals surface area contributed by atoms with Gasteiger partial charge in [-0.05, 0) is 45.8 Å². The van der Waals surface area contributed by atoms with Crippen LogP contribution in [0.2, 0.25) is 5.02 Å². The van der Waals surface area contributed by atoms with E-state index >= 15 is 0 Å². The number of aromatic nitrogens is 1. The molecule has 0 radical (unpaired) electrons. The Balaban J connectivity index is 1.84. The molecule has 0 aliphatic rings. The maximum Gasteiger partial charge on any atom is 0.196 e. The van der Waals surface area contributed by atoms with Crippen molar-refractivity contribution in [3.63, 3.8) is 0 Å². The predicted octanol–water partition coefficient (Wildman–Crippen LogP) is 5.92. The van der Waals surface area contributed by atoms with Gasteiger partial charge in [0, 0.05) is 15.7 Å². The van der Waals surface area contributed by atoms with Crippen molar-refractivity contribution in [1.82, 2.24) is 4.98 Å². The maximum atomic E-state index is 6.01. The highest BCUT2D eigenvalue weighted by Crippen LogP contribution is 2.32. The van der Waals surface area contributed by atoms with Crippen LogP contribution in [-0.4, -0.2) is 4.98 Å². The Hall–Kier alpha value is -0.840. The highest BCUT2D eigenvalue weighted by atomic mass is 79.9. The van der Waals surface area contributed by atoms with Gasteiger partial charge in [0.05, 0.1) is 5.02 Å². The minimum absolute atomic E-state index is 0.129. The molecule has 1 aromatic heterocycles. The van der Waals surface area contributed by atoms with Gasteiger partial charge in [0.1, 0.15) is 5.52 Å². The summed E-state index contributed by atoms with van der Waals surface area (Å²) < 4.78 is 6.62. The van der Waals surface area contributed by atoms with Gasteiger partial charge in [-0.1, -0.05) is 45.7 Å². The zero-order valence-corrected chi connectivity index (χ0v) is 14.2. The number of halogens is 3. The molecule has 3 rings (SSSR count). The van der Waals surface area contributed by atoms with Crippen LogP contribution in [0.25, 0.3) is 11.1 Å². The summed E-state index contributed by atoms with van der Waals surface area (Å²) in [6.45, 7) is 0. The fourth-order valence-corrected chi connectivity index (χ4v) is 3.06. The van der Waals surface area contributed by atoms with Crippen LogP contribution in [0.1, 0.15) is 16.3 Å². The van der Waals surface area contributed by atoms with Crippen LogP contribution in [0.3, 0.4) is 0 Å². The van der Waals surface area contributed by atoms with Gasteiger partial charge in [0.25, 0.3) is 0 Å². The smallest absolute Gasteiger partial charge is 0.196 e. The average molecular weight is 416 g/mol. The standard InChI is InChI=1S/C15H10Br2ClNO/c16-10(9-5-6-12(18)11(17)7-9)8-15-19-13-3-1-2-4-14(13)20-15/h1-7,10H,8H2. The molecule has 102 valence electrons. The van der Waals surface area contributed by atoms with Gasteiger partial charge in [0.2, 0.25) is 0 Å². The van der Waals surface area contributed by atoms with Crippen LogP contribution in [-0.2, 0) is 6.42 Å². The number of hydrogen-bond acceptors (Lipinski definition) is 2. The largest absolute Gasteiger partial charge is 0.441 e. The first kappa shape index (κ1) is 14.1. The summed E-state index contributed by atoms with van der Waals surface area (Å²) in [5.74, 6) is 0.721. The highest BCUT2D eigenvalue weighted by molar-refractivity contribution is 9.10. The number of para-hydroxylation sites is 2. The monoisotopic (exact) mass is 413 g/mol. The Morgan fingerprint density at radius 1 is 1.20 bits per heavy atom. The molecule has 20 heavy (non-hydrogen) atoms. The minimum atomic E-state index is 0.129. The molecule has 1 unspecified atom stereocenters. The summed E-state index contributed by atoms with van der Waals surface area (Å²) in [6.07, 6.45) is 0.683. The Bertz CT molecular complexity index is 723. The lowest BCUT2D eigenvalue weighted by atomic mass is 10.1. The molecule has 3 aromatic rings. The van der Waals surface area contributed by atoms with Crippen molar-refractivity contribution in [2.45, 2.75) is 11.2 Å². The van der Waals surface area contributed by atoms with E-state index in [4.69, 9.17) is 16.0 Å². The predicted molar refractivity (Wildman–Crippen MR) is 88.5 cm³/mol. The number of fused-ring (bicyclic) bond motifs is 1. The number of hydrogen-bond donors (Lipinski definition) is 0. The number of nitrogens with zero attached hydrogens (tertiary/aromatic N) is 1. The SMILES string of the molecule is Clc1ccc(C(Br)Cc2nc3ccccc3o2)cc1Br. The molecule has 0 saturated heterocycles. The first-order valence-electron chi connectivity index (χ1n) is 6.07. The summed E-state index contributed by atoms with van der Waals surface area (Å²) in [5.41, 5.74) is 2.84. The third-order valence-electron chi connectivity index (χ3n) is 3.00. The van der Waals surface area contributed by atoms with Gasteiger partial charge in [-0.25, -0.2) is 4.98 Å². The summed E-state index contributed by atoms with van der Waals surface area (Å²) >= 11 is 13.1. The number of benzene rings is 2. The summed E-state index contributed by atoms with van der Waals surface area (Å²) in [7, 11) is 0. The van der Waals surface area contributed by atoms with Gasteiger partial charge < -0.3 is 4.42 Å². The van der Waals surface area contributed by atoms with E-state index in [0.29, 0.717) is 11.4 Å². The van der Waals surface area contributed by atoms with E-state index in [9.17, 15) is 0 Å². The normalized spacial score (nSPS) is 12.8. The van der Waals surface area contributed by atoms with Gasteiger partial charge in [-0.15, -0.1) is 0 Å². The lowest BCUT2D eigenvalue weighted by Crippen LogP contribution is -1.95. The summed E-state index contributed by atoms with van der Waals surface area (Å²) in [4.78, 5) is 4.61. The van der Waals surface area contributed by atoms with Crippen molar-refractivity contribution in [3.8, 4) is 0 Å². The van der Waals surface area contributed by atoms with E-state index in [0.717, 1.165) is 27.0 Å². The summed E-state index contributed by atoms with van der Waals surface area (Å²) in [6, 6.07) is 13.6. The summed E-state index contributed by atoms with van der Waals surface area (Å²) in [5, 5.41) is 0.704. The topological polar surface area (TPSA) is 26.0 Å². The molecule has 0 fully saturated rings. The van der Waals surface area contributed by atoms with E-state index in [-0.39, 0.29) is 4.83 Å². The fraction of sp³-hybridized carbons (Fsp3) is 0.133. The maximum absolute atomic E-state index is 6.01. The van der Waals surface area contributed by atoms with Crippen molar-refractivity contribution in [1.29, 1.82) is 0 Å². The lowest BCUT2D eigenvalue weighted by molar-refractivity contribution is 0.527. The second-order valence-corrected chi connectivity index (χ2v) is 6.79.